The molecule has 15 heavy (non-hydrogen) atoms. The van der Waals surface area contributed by atoms with Crippen molar-refractivity contribution in [3.8, 4) is 0 Å². The van der Waals surface area contributed by atoms with Gasteiger partial charge in [0.15, 0.2) is 0 Å². The quantitative estimate of drug-likeness (QED) is 0.765. The zero-order valence-electron chi connectivity index (χ0n) is 9.16. The first-order valence-electron chi connectivity index (χ1n) is 4.96. The van der Waals surface area contributed by atoms with Gasteiger partial charge in [0.25, 0.3) is 0 Å². The van der Waals surface area contributed by atoms with E-state index < -0.39 is 11.9 Å². The van der Waals surface area contributed by atoms with Crippen LogP contribution in [0, 0.1) is 13.8 Å². The minimum absolute atomic E-state index is 0.470. The molecule has 0 aliphatic rings. The smallest absolute Gasteiger partial charge is 0.311 e. The summed E-state index contributed by atoms with van der Waals surface area (Å²) in [5.41, 5.74) is 3.06. The van der Waals surface area contributed by atoms with E-state index in [-0.39, 0.29) is 0 Å². The Morgan fingerprint density at radius 2 is 1.93 bits per heavy atom. The lowest BCUT2D eigenvalue weighted by Crippen LogP contribution is -2.11. The lowest BCUT2D eigenvalue weighted by atomic mass is 9.93. The molecule has 0 aliphatic heterocycles. The van der Waals surface area contributed by atoms with Crippen molar-refractivity contribution in [1.82, 2.24) is 0 Å². The molecule has 0 aromatic heterocycles. The Balaban J connectivity index is 3.10. The first-order valence-corrected chi connectivity index (χ1v) is 4.96. The van der Waals surface area contributed by atoms with E-state index in [1.54, 1.807) is 6.08 Å². The van der Waals surface area contributed by atoms with Crippen molar-refractivity contribution in [2.24, 2.45) is 0 Å². The molecule has 0 spiro atoms. The maximum Gasteiger partial charge on any atom is 0.311 e. The highest BCUT2D eigenvalue weighted by Gasteiger charge is 2.18. The van der Waals surface area contributed by atoms with E-state index in [1.165, 1.54) is 0 Å². The molecule has 0 saturated heterocycles. The van der Waals surface area contributed by atoms with Gasteiger partial charge in [-0.15, -0.1) is 6.58 Å². The maximum atomic E-state index is 11.1. The highest BCUT2D eigenvalue weighted by atomic mass is 16.4. The van der Waals surface area contributed by atoms with E-state index in [1.807, 2.05) is 32.0 Å². The summed E-state index contributed by atoms with van der Waals surface area (Å²) in [7, 11) is 0. The largest absolute Gasteiger partial charge is 0.481 e. The number of rotatable bonds is 4. The van der Waals surface area contributed by atoms with Crippen LogP contribution in [-0.2, 0) is 4.79 Å². The van der Waals surface area contributed by atoms with E-state index in [2.05, 4.69) is 6.58 Å². The number of hydrogen-bond acceptors (Lipinski definition) is 1. The Kier molecular flexibility index (Phi) is 3.67. The highest BCUT2D eigenvalue weighted by molar-refractivity contribution is 5.76. The second kappa shape index (κ2) is 4.78. The molecule has 0 heterocycles. The third kappa shape index (κ3) is 2.94. The van der Waals surface area contributed by atoms with Gasteiger partial charge in [-0.25, -0.2) is 0 Å². The fourth-order valence-corrected chi connectivity index (χ4v) is 1.76. The third-order valence-electron chi connectivity index (χ3n) is 2.35. The van der Waals surface area contributed by atoms with Gasteiger partial charge in [-0.3, -0.25) is 4.79 Å². The van der Waals surface area contributed by atoms with Gasteiger partial charge in [-0.1, -0.05) is 35.4 Å². The summed E-state index contributed by atoms with van der Waals surface area (Å²) in [5.74, 6) is -1.26. The fourth-order valence-electron chi connectivity index (χ4n) is 1.76. The van der Waals surface area contributed by atoms with Crippen LogP contribution in [0.15, 0.2) is 30.9 Å². The minimum atomic E-state index is -0.792. The van der Waals surface area contributed by atoms with Gasteiger partial charge in [0, 0.05) is 0 Å². The van der Waals surface area contributed by atoms with Gasteiger partial charge >= 0.3 is 5.97 Å². The molecule has 1 rings (SSSR count). The molecule has 80 valence electrons. The normalized spacial score (nSPS) is 12.1. The molecule has 2 nitrogen and oxygen atoms in total. The first-order chi connectivity index (χ1) is 7.04. The lowest BCUT2D eigenvalue weighted by Gasteiger charge is -2.12. The van der Waals surface area contributed by atoms with Crippen LogP contribution in [0.2, 0.25) is 0 Å². The van der Waals surface area contributed by atoms with Gasteiger partial charge in [-0.2, -0.15) is 0 Å². The molecule has 0 amide bonds. The van der Waals surface area contributed by atoms with Crippen LogP contribution in [0.3, 0.4) is 0 Å². The Morgan fingerprint density at radius 3 is 2.33 bits per heavy atom. The van der Waals surface area contributed by atoms with Crippen LogP contribution < -0.4 is 0 Å². The summed E-state index contributed by atoms with van der Waals surface area (Å²) >= 11 is 0. The van der Waals surface area contributed by atoms with E-state index in [4.69, 9.17) is 5.11 Å². The van der Waals surface area contributed by atoms with Gasteiger partial charge in [0.1, 0.15) is 0 Å². The van der Waals surface area contributed by atoms with Crippen molar-refractivity contribution in [3.63, 3.8) is 0 Å². The van der Waals surface area contributed by atoms with E-state index in [0.29, 0.717) is 6.42 Å². The number of carboxylic acids is 1. The Morgan fingerprint density at radius 1 is 1.40 bits per heavy atom. The molecule has 1 aromatic rings. The molecular formula is C13H16O2. The fraction of sp³-hybridized carbons (Fsp3) is 0.308. The summed E-state index contributed by atoms with van der Waals surface area (Å²) in [6, 6.07) is 5.89. The number of carboxylic acid groups (broad SMARTS) is 1. The van der Waals surface area contributed by atoms with Gasteiger partial charge in [0.2, 0.25) is 0 Å². The van der Waals surface area contributed by atoms with Crippen LogP contribution in [0.25, 0.3) is 0 Å². The molecule has 0 aliphatic carbocycles. The predicted octanol–water partition coefficient (Wildman–Crippen LogP) is 3.05. The lowest BCUT2D eigenvalue weighted by molar-refractivity contribution is -0.138. The number of carbonyl (C=O) groups is 1. The molecular weight excluding hydrogens is 188 g/mol. The predicted molar refractivity (Wildman–Crippen MR) is 61.1 cm³/mol. The van der Waals surface area contributed by atoms with Crippen molar-refractivity contribution >= 4 is 5.97 Å². The first kappa shape index (κ1) is 11.5. The van der Waals surface area contributed by atoms with Crippen molar-refractivity contribution in [2.75, 3.05) is 0 Å². The maximum absolute atomic E-state index is 11.1. The number of hydrogen-bond donors (Lipinski definition) is 1. The molecule has 1 unspecified atom stereocenters. The summed E-state index contributed by atoms with van der Waals surface area (Å²) in [6.07, 6.45) is 2.12. The molecule has 2 heteroatoms. The SMILES string of the molecule is C=CCC(C(=O)O)c1cc(C)cc(C)c1. The molecule has 1 N–H and O–H groups in total. The Bertz CT molecular complexity index is 360. The van der Waals surface area contributed by atoms with Crippen LogP contribution in [0.1, 0.15) is 29.0 Å². The second-order valence-electron chi connectivity index (χ2n) is 3.84. The Labute approximate surface area is 90.3 Å². The second-order valence-corrected chi connectivity index (χ2v) is 3.84. The van der Waals surface area contributed by atoms with Crippen LogP contribution >= 0.6 is 0 Å². The topological polar surface area (TPSA) is 37.3 Å². The monoisotopic (exact) mass is 204 g/mol. The molecule has 1 aromatic carbocycles. The zero-order valence-corrected chi connectivity index (χ0v) is 9.16. The summed E-state index contributed by atoms with van der Waals surface area (Å²) in [5, 5.41) is 9.09. The minimum Gasteiger partial charge on any atom is -0.481 e. The van der Waals surface area contributed by atoms with Gasteiger partial charge in [-0.05, 0) is 25.8 Å². The molecule has 0 radical (unpaired) electrons. The Hall–Kier alpha value is -1.57. The summed E-state index contributed by atoms with van der Waals surface area (Å²) in [4.78, 5) is 11.1. The number of benzene rings is 1. The summed E-state index contributed by atoms with van der Waals surface area (Å²) in [6.45, 7) is 7.54. The molecule has 0 bridgehead atoms. The highest BCUT2D eigenvalue weighted by Crippen LogP contribution is 2.22. The number of allylic oxidation sites excluding steroid dienone is 1. The van der Waals surface area contributed by atoms with Crippen molar-refractivity contribution in [1.29, 1.82) is 0 Å². The molecule has 0 fully saturated rings. The average Bonchev–Trinajstić information content (AvgIpc) is 2.11. The van der Waals surface area contributed by atoms with Crippen LogP contribution in [0.5, 0.6) is 0 Å². The molecule has 1 atom stereocenters. The standard InChI is InChI=1S/C13H16O2/c1-4-5-12(13(14)15)11-7-9(2)6-10(3)8-11/h4,6-8,12H,1,5H2,2-3H3,(H,14,15). The van der Waals surface area contributed by atoms with Crippen molar-refractivity contribution in [2.45, 2.75) is 26.2 Å². The van der Waals surface area contributed by atoms with E-state index in [9.17, 15) is 4.79 Å². The van der Waals surface area contributed by atoms with Crippen molar-refractivity contribution in [3.05, 3.63) is 47.5 Å². The van der Waals surface area contributed by atoms with Crippen LogP contribution in [0.4, 0.5) is 0 Å². The number of aliphatic carboxylic acids is 1. The van der Waals surface area contributed by atoms with Gasteiger partial charge in [0.05, 0.1) is 5.92 Å². The van der Waals surface area contributed by atoms with Crippen molar-refractivity contribution < 1.29 is 9.90 Å². The molecule has 0 saturated carbocycles. The summed E-state index contributed by atoms with van der Waals surface area (Å²) < 4.78 is 0. The third-order valence-corrected chi connectivity index (χ3v) is 2.35. The zero-order chi connectivity index (χ0) is 11.4. The van der Waals surface area contributed by atoms with Crippen LogP contribution in [-0.4, -0.2) is 11.1 Å². The van der Waals surface area contributed by atoms with Gasteiger partial charge < -0.3 is 5.11 Å². The van der Waals surface area contributed by atoms with E-state index in [0.717, 1.165) is 16.7 Å². The average molecular weight is 204 g/mol. The van der Waals surface area contributed by atoms with E-state index >= 15 is 0 Å². The number of aryl methyl sites for hydroxylation is 2.